The van der Waals surface area contributed by atoms with E-state index in [2.05, 4.69) is 10.6 Å². The molecule has 6 nitrogen and oxygen atoms in total. The highest BCUT2D eigenvalue weighted by Gasteiger charge is 2.30. The fraction of sp³-hybridized carbons (Fsp3) is 0.211. The number of carboxylic acid groups (broad SMARTS) is 1. The number of hydrogen-bond donors (Lipinski definition) is 3. The summed E-state index contributed by atoms with van der Waals surface area (Å²) in [6, 6.07) is 10.8. The number of alkyl halides is 3. The molecule has 2 amide bonds. The fourth-order valence-electron chi connectivity index (χ4n) is 2.36. The van der Waals surface area contributed by atoms with Crippen molar-refractivity contribution in [2.24, 2.45) is 0 Å². The Morgan fingerprint density at radius 3 is 2.11 bits per heavy atom. The quantitative estimate of drug-likeness (QED) is 0.671. The van der Waals surface area contributed by atoms with Crippen LogP contribution < -0.4 is 10.6 Å². The Bertz CT molecular complexity index is 837. The van der Waals surface area contributed by atoms with E-state index in [0.29, 0.717) is 11.1 Å². The summed E-state index contributed by atoms with van der Waals surface area (Å²) in [6.45, 7) is -0.440. The Hall–Kier alpha value is -3.36. The van der Waals surface area contributed by atoms with E-state index in [1.807, 2.05) is 0 Å². The molecule has 0 saturated heterocycles. The topological polar surface area (TPSA) is 95.5 Å². The van der Waals surface area contributed by atoms with E-state index in [-0.39, 0.29) is 6.42 Å². The second-order valence-electron chi connectivity index (χ2n) is 5.91. The molecule has 0 aliphatic rings. The van der Waals surface area contributed by atoms with Gasteiger partial charge in [0.05, 0.1) is 12.1 Å². The van der Waals surface area contributed by atoms with Crippen LogP contribution >= 0.6 is 0 Å². The molecular weight excluding hydrogens is 377 g/mol. The maximum atomic E-state index is 12.6. The SMILES string of the molecule is O=C(CNC(=O)c1ccccc1)N[C@@H](Cc1ccc(C(F)(F)F)cc1)C(=O)O. The number of carboxylic acids is 1. The van der Waals surface area contributed by atoms with Crippen molar-refractivity contribution >= 4 is 17.8 Å². The van der Waals surface area contributed by atoms with E-state index < -0.39 is 42.1 Å². The van der Waals surface area contributed by atoms with Gasteiger partial charge < -0.3 is 15.7 Å². The summed E-state index contributed by atoms with van der Waals surface area (Å²) in [5.41, 5.74) is -0.195. The molecule has 0 spiro atoms. The molecule has 0 aliphatic carbocycles. The number of benzene rings is 2. The van der Waals surface area contributed by atoms with Gasteiger partial charge in [-0.2, -0.15) is 13.2 Å². The monoisotopic (exact) mass is 394 g/mol. The Morgan fingerprint density at radius 1 is 0.964 bits per heavy atom. The predicted molar refractivity (Wildman–Crippen MR) is 93.5 cm³/mol. The molecule has 148 valence electrons. The molecule has 0 unspecified atom stereocenters. The minimum atomic E-state index is -4.49. The number of carbonyl (C=O) groups is 3. The number of carbonyl (C=O) groups excluding carboxylic acids is 2. The zero-order valence-corrected chi connectivity index (χ0v) is 14.5. The highest BCUT2D eigenvalue weighted by molar-refractivity contribution is 5.96. The van der Waals surface area contributed by atoms with Gasteiger partial charge in [0.1, 0.15) is 6.04 Å². The van der Waals surface area contributed by atoms with Crippen molar-refractivity contribution in [3.63, 3.8) is 0 Å². The minimum absolute atomic E-state index is 0.203. The van der Waals surface area contributed by atoms with Crippen molar-refractivity contribution < 1.29 is 32.7 Å². The van der Waals surface area contributed by atoms with Crippen LogP contribution in [-0.2, 0) is 22.2 Å². The van der Waals surface area contributed by atoms with Crippen LogP contribution in [0, 0.1) is 0 Å². The Morgan fingerprint density at radius 2 is 1.57 bits per heavy atom. The van der Waals surface area contributed by atoms with E-state index in [1.165, 1.54) is 0 Å². The summed E-state index contributed by atoms with van der Waals surface area (Å²) in [5, 5.41) is 13.8. The number of aliphatic carboxylic acids is 1. The van der Waals surface area contributed by atoms with Gasteiger partial charge in [-0.15, -0.1) is 0 Å². The summed E-state index contributed by atoms with van der Waals surface area (Å²) < 4.78 is 37.7. The number of amides is 2. The van der Waals surface area contributed by atoms with Gasteiger partial charge in [0.15, 0.2) is 0 Å². The van der Waals surface area contributed by atoms with Gasteiger partial charge >= 0.3 is 12.1 Å². The minimum Gasteiger partial charge on any atom is -0.480 e. The molecule has 9 heteroatoms. The number of hydrogen-bond acceptors (Lipinski definition) is 3. The Labute approximate surface area is 158 Å². The first-order valence-electron chi connectivity index (χ1n) is 8.18. The molecular formula is C19H17F3N2O4. The molecule has 0 heterocycles. The first-order valence-corrected chi connectivity index (χ1v) is 8.18. The van der Waals surface area contributed by atoms with Crippen molar-refractivity contribution in [2.45, 2.75) is 18.6 Å². The highest BCUT2D eigenvalue weighted by Crippen LogP contribution is 2.29. The van der Waals surface area contributed by atoms with Gasteiger partial charge in [-0.05, 0) is 29.8 Å². The van der Waals surface area contributed by atoms with Crippen LogP contribution in [0.15, 0.2) is 54.6 Å². The number of nitrogens with one attached hydrogen (secondary N) is 2. The van der Waals surface area contributed by atoms with Crippen molar-refractivity contribution in [3.8, 4) is 0 Å². The van der Waals surface area contributed by atoms with Gasteiger partial charge in [0.25, 0.3) is 5.91 Å². The van der Waals surface area contributed by atoms with Gasteiger partial charge in [0.2, 0.25) is 5.91 Å². The van der Waals surface area contributed by atoms with Crippen LogP contribution in [0.25, 0.3) is 0 Å². The maximum absolute atomic E-state index is 12.6. The molecule has 0 aromatic heterocycles. The standard InChI is InChI=1S/C19H17F3N2O4/c20-19(21,22)14-8-6-12(7-9-14)10-15(18(27)28)24-16(25)11-23-17(26)13-4-2-1-3-5-13/h1-9,15H,10-11H2,(H,23,26)(H,24,25)(H,27,28)/t15-/m0/s1. The molecule has 2 rings (SSSR count). The van der Waals surface area contributed by atoms with E-state index in [9.17, 15) is 32.7 Å². The van der Waals surface area contributed by atoms with E-state index in [0.717, 1.165) is 24.3 Å². The third-order valence-electron chi connectivity index (χ3n) is 3.80. The molecule has 1 atom stereocenters. The Kier molecular flexibility index (Phi) is 6.75. The van der Waals surface area contributed by atoms with Gasteiger partial charge in [-0.25, -0.2) is 4.79 Å². The molecule has 0 bridgehead atoms. The lowest BCUT2D eigenvalue weighted by Crippen LogP contribution is -2.46. The van der Waals surface area contributed by atoms with Crippen LogP contribution in [0.2, 0.25) is 0 Å². The smallest absolute Gasteiger partial charge is 0.416 e. The van der Waals surface area contributed by atoms with Crippen LogP contribution in [0.4, 0.5) is 13.2 Å². The van der Waals surface area contributed by atoms with E-state index in [4.69, 9.17) is 0 Å². The molecule has 0 saturated carbocycles. The van der Waals surface area contributed by atoms with Gasteiger partial charge in [0, 0.05) is 12.0 Å². The summed E-state index contributed by atoms with van der Waals surface area (Å²) >= 11 is 0. The third kappa shape index (κ3) is 6.11. The second kappa shape index (κ2) is 9.03. The van der Waals surface area contributed by atoms with E-state index >= 15 is 0 Å². The summed E-state index contributed by atoms with van der Waals surface area (Å²) in [6.07, 6.45) is -4.69. The van der Waals surface area contributed by atoms with Crippen molar-refractivity contribution in [3.05, 3.63) is 71.3 Å². The van der Waals surface area contributed by atoms with Crippen molar-refractivity contribution in [2.75, 3.05) is 6.54 Å². The molecule has 0 fully saturated rings. The summed E-state index contributed by atoms with van der Waals surface area (Å²) in [7, 11) is 0. The largest absolute Gasteiger partial charge is 0.480 e. The highest BCUT2D eigenvalue weighted by atomic mass is 19.4. The molecule has 3 N–H and O–H groups in total. The molecule has 0 aliphatic heterocycles. The first-order chi connectivity index (χ1) is 13.2. The zero-order chi connectivity index (χ0) is 20.7. The number of halogens is 3. The third-order valence-corrected chi connectivity index (χ3v) is 3.80. The van der Waals surface area contributed by atoms with Crippen molar-refractivity contribution in [1.82, 2.24) is 10.6 Å². The van der Waals surface area contributed by atoms with Crippen molar-refractivity contribution in [1.29, 1.82) is 0 Å². The van der Waals surface area contributed by atoms with Gasteiger partial charge in [-0.3, -0.25) is 9.59 Å². The zero-order valence-electron chi connectivity index (χ0n) is 14.5. The molecule has 28 heavy (non-hydrogen) atoms. The summed E-state index contributed by atoms with van der Waals surface area (Å²) in [5.74, 6) is -2.57. The molecule has 0 radical (unpaired) electrons. The normalized spacial score (nSPS) is 12.1. The maximum Gasteiger partial charge on any atom is 0.416 e. The average Bonchev–Trinajstić information content (AvgIpc) is 2.66. The van der Waals surface area contributed by atoms with Crippen LogP contribution in [0.5, 0.6) is 0 Å². The lowest BCUT2D eigenvalue weighted by Gasteiger charge is -2.15. The average molecular weight is 394 g/mol. The number of rotatable bonds is 7. The van der Waals surface area contributed by atoms with Gasteiger partial charge in [-0.1, -0.05) is 30.3 Å². The lowest BCUT2D eigenvalue weighted by atomic mass is 10.0. The lowest BCUT2D eigenvalue weighted by molar-refractivity contribution is -0.141. The van der Waals surface area contributed by atoms with E-state index in [1.54, 1.807) is 30.3 Å². The Balaban J connectivity index is 1.92. The van der Waals surface area contributed by atoms with Crippen LogP contribution in [0.1, 0.15) is 21.5 Å². The first kappa shape index (κ1) is 20.9. The van der Waals surface area contributed by atoms with Crippen LogP contribution in [-0.4, -0.2) is 35.5 Å². The molecule has 2 aromatic carbocycles. The fourth-order valence-corrected chi connectivity index (χ4v) is 2.36. The molecule has 2 aromatic rings. The second-order valence-corrected chi connectivity index (χ2v) is 5.91. The summed E-state index contributed by atoms with van der Waals surface area (Å²) in [4.78, 5) is 35.1. The van der Waals surface area contributed by atoms with Crippen LogP contribution in [0.3, 0.4) is 0 Å². The predicted octanol–water partition coefficient (Wildman–Crippen LogP) is 2.25.